The van der Waals surface area contributed by atoms with Crippen LogP contribution >= 0.6 is 0 Å². The third kappa shape index (κ3) is 3.97. The number of nitrogens with zero attached hydrogens (tertiary/aromatic N) is 2. The molecular formula is C16H22N2O3. The molecule has 1 aromatic carbocycles. The van der Waals surface area contributed by atoms with Crippen LogP contribution in [0.1, 0.15) is 24.0 Å². The highest BCUT2D eigenvalue weighted by molar-refractivity contribution is 5.81. The Morgan fingerprint density at radius 3 is 2.38 bits per heavy atom. The van der Waals surface area contributed by atoms with Crippen molar-refractivity contribution in [1.29, 1.82) is 0 Å². The molecule has 1 saturated heterocycles. The van der Waals surface area contributed by atoms with Crippen molar-refractivity contribution in [2.45, 2.75) is 26.7 Å². The van der Waals surface area contributed by atoms with Gasteiger partial charge in [-0.25, -0.2) is 0 Å². The second-order valence-electron chi connectivity index (χ2n) is 5.55. The number of carbonyl (C=O) groups excluding carboxylic acids is 1. The van der Waals surface area contributed by atoms with Crippen molar-refractivity contribution in [1.82, 2.24) is 4.90 Å². The Morgan fingerprint density at radius 2 is 1.76 bits per heavy atom. The van der Waals surface area contributed by atoms with Crippen LogP contribution in [0.2, 0.25) is 0 Å². The molecule has 0 atom stereocenters. The molecule has 1 aromatic rings. The quantitative estimate of drug-likeness (QED) is 0.919. The van der Waals surface area contributed by atoms with E-state index >= 15 is 0 Å². The number of carboxylic acids is 1. The highest BCUT2D eigenvalue weighted by Crippen LogP contribution is 2.23. The highest BCUT2D eigenvalue weighted by atomic mass is 16.4. The lowest BCUT2D eigenvalue weighted by Crippen LogP contribution is -2.49. The molecule has 1 aliphatic rings. The van der Waals surface area contributed by atoms with E-state index in [1.54, 1.807) is 4.90 Å². The maximum atomic E-state index is 11.9. The first-order valence-corrected chi connectivity index (χ1v) is 7.29. The smallest absolute Gasteiger partial charge is 0.303 e. The lowest BCUT2D eigenvalue weighted by Gasteiger charge is -2.37. The Balaban J connectivity index is 1.92. The van der Waals surface area contributed by atoms with E-state index in [0.717, 1.165) is 13.1 Å². The van der Waals surface area contributed by atoms with Crippen molar-refractivity contribution in [3.05, 3.63) is 29.3 Å². The van der Waals surface area contributed by atoms with Gasteiger partial charge in [0.1, 0.15) is 0 Å². The number of aryl methyl sites for hydroxylation is 2. The van der Waals surface area contributed by atoms with E-state index in [4.69, 9.17) is 5.11 Å². The standard InChI is InChI=1S/C16H22N2O3/c1-12-3-4-13(2)14(11-12)17-7-9-18(10-8-17)15(19)5-6-16(20)21/h3-4,11H,5-10H2,1-2H3,(H,20,21). The number of hydrogen-bond acceptors (Lipinski definition) is 3. The number of piperazine rings is 1. The summed E-state index contributed by atoms with van der Waals surface area (Å²) >= 11 is 0. The minimum Gasteiger partial charge on any atom is -0.481 e. The second kappa shape index (κ2) is 6.61. The molecule has 1 N–H and O–H groups in total. The first-order valence-electron chi connectivity index (χ1n) is 7.29. The number of carboxylic acid groups (broad SMARTS) is 1. The fraction of sp³-hybridized carbons (Fsp3) is 0.500. The van der Waals surface area contributed by atoms with Gasteiger partial charge in [0.15, 0.2) is 0 Å². The van der Waals surface area contributed by atoms with Crippen LogP contribution in [0.15, 0.2) is 18.2 Å². The van der Waals surface area contributed by atoms with E-state index in [-0.39, 0.29) is 18.7 Å². The minimum absolute atomic E-state index is 0.0574. The zero-order chi connectivity index (χ0) is 15.4. The number of anilines is 1. The minimum atomic E-state index is -0.919. The van der Waals surface area contributed by atoms with Gasteiger partial charge in [-0.3, -0.25) is 9.59 Å². The van der Waals surface area contributed by atoms with Gasteiger partial charge in [-0.05, 0) is 31.0 Å². The van der Waals surface area contributed by atoms with E-state index in [2.05, 4.69) is 36.9 Å². The average molecular weight is 290 g/mol. The lowest BCUT2D eigenvalue weighted by atomic mass is 10.1. The van der Waals surface area contributed by atoms with Crippen LogP contribution in [0.5, 0.6) is 0 Å². The number of benzene rings is 1. The first kappa shape index (κ1) is 15.4. The summed E-state index contributed by atoms with van der Waals surface area (Å²) < 4.78 is 0. The molecule has 0 aromatic heterocycles. The van der Waals surface area contributed by atoms with E-state index < -0.39 is 5.97 Å². The van der Waals surface area contributed by atoms with Gasteiger partial charge in [0.2, 0.25) is 5.91 Å². The van der Waals surface area contributed by atoms with E-state index in [1.165, 1.54) is 16.8 Å². The summed E-state index contributed by atoms with van der Waals surface area (Å²) in [5.74, 6) is -0.976. The topological polar surface area (TPSA) is 60.9 Å². The second-order valence-corrected chi connectivity index (χ2v) is 5.55. The van der Waals surface area contributed by atoms with Crippen LogP contribution in [-0.4, -0.2) is 48.1 Å². The zero-order valence-electron chi connectivity index (χ0n) is 12.6. The zero-order valence-corrected chi connectivity index (χ0v) is 12.6. The normalized spacial score (nSPS) is 15.1. The summed E-state index contributed by atoms with van der Waals surface area (Å²) in [5, 5.41) is 8.63. The lowest BCUT2D eigenvalue weighted by molar-refractivity contribution is -0.141. The number of rotatable bonds is 4. The Morgan fingerprint density at radius 1 is 1.10 bits per heavy atom. The van der Waals surface area contributed by atoms with E-state index in [1.807, 2.05) is 0 Å². The summed E-state index contributed by atoms with van der Waals surface area (Å²) in [7, 11) is 0. The predicted octanol–water partition coefficient (Wildman–Crippen LogP) is 1.82. The average Bonchev–Trinajstić information content (AvgIpc) is 2.47. The molecule has 2 rings (SSSR count). The van der Waals surface area contributed by atoms with Crippen LogP contribution in [0.25, 0.3) is 0 Å². The largest absolute Gasteiger partial charge is 0.481 e. The molecule has 0 spiro atoms. The molecule has 0 saturated carbocycles. The van der Waals surface area contributed by atoms with Gasteiger partial charge in [0.05, 0.1) is 6.42 Å². The Kier molecular flexibility index (Phi) is 4.83. The van der Waals surface area contributed by atoms with E-state index in [0.29, 0.717) is 13.1 Å². The van der Waals surface area contributed by atoms with Crippen molar-refractivity contribution >= 4 is 17.6 Å². The van der Waals surface area contributed by atoms with Crippen molar-refractivity contribution in [3.63, 3.8) is 0 Å². The van der Waals surface area contributed by atoms with Gasteiger partial charge in [0.25, 0.3) is 0 Å². The fourth-order valence-corrected chi connectivity index (χ4v) is 2.63. The summed E-state index contributed by atoms with van der Waals surface area (Å²) in [6.45, 7) is 7.08. The summed E-state index contributed by atoms with van der Waals surface area (Å²) in [6.07, 6.45) is 0.00877. The van der Waals surface area contributed by atoms with Gasteiger partial charge in [-0.15, -0.1) is 0 Å². The molecule has 1 heterocycles. The van der Waals surface area contributed by atoms with Crippen molar-refractivity contribution < 1.29 is 14.7 Å². The molecule has 1 amide bonds. The first-order chi connectivity index (χ1) is 9.97. The molecule has 1 aliphatic heterocycles. The number of hydrogen-bond donors (Lipinski definition) is 1. The van der Waals surface area contributed by atoms with E-state index in [9.17, 15) is 9.59 Å². The molecule has 5 heteroatoms. The molecular weight excluding hydrogens is 268 g/mol. The summed E-state index contributed by atoms with van der Waals surface area (Å²) in [6, 6.07) is 6.40. The highest BCUT2D eigenvalue weighted by Gasteiger charge is 2.22. The molecule has 114 valence electrons. The molecule has 0 aliphatic carbocycles. The number of aliphatic carboxylic acids is 1. The molecule has 1 fully saturated rings. The molecule has 0 unspecified atom stereocenters. The summed E-state index contributed by atoms with van der Waals surface area (Å²) in [5.41, 5.74) is 3.70. The molecule has 21 heavy (non-hydrogen) atoms. The van der Waals surface area contributed by atoms with Crippen molar-refractivity contribution in [2.75, 3.05) is 31.1 Å². The Hall–Kier alpha value is -2.04. The van der Waals surface area contributed by atoms with Gasteiger partial charge in [-0.1, -0.05) is 12.1 Å². The number of amides is 1. The van der Waals surface area contributed by atoms with Gasteiger partial charge < -0.3 is 14.9 Å². The Bertz CT molecular complexity index is 534. The van der Waals surface area contributed by atoms with Gasteiger partial charge >= 0.3 is 5.97 Å². The third-order valence-electron chi connectivity index (χ3n) is 3.89. The molecule has 0 bridgehead atoms. The predicted molar refractivity (Wildman–Crippen MR) is 81.6 cm³/mol. The molecule has 0 radical (unpaired) electrons. The van der Waals surface area contributed by atoms with Crippen molar-refractivity contribution in [3.8, 4) is 0 Å². The van der Waals surface area contributed by atoms with Crippen LogP contribution in [0.3, 0.4) is 0 Å². The van der Waals surface area contributed by atoms with Gasteiger partial charge in [-0.2, -0.15) is 0 Å². The van der Waals surface area contributed by atoms with Crippen molar-refractivity contribution in [2.24, 2.45) is 0 Å². The van der Waals surface area contributed by atoms with Crippen LogP contribution in [0.4, 0.5) is 5.69 Å². The SMILES string of the molecule is Cc1ccc(C)c(N2CCN(C(=O)CCC(=O)O)CC2)c1. The molecule has 5 nitrogen and oxygen atoms in total. The van der Waals surface area contributed by atoms with Crippen LogP contribution in [0, 0.1) is 13.8 Å². The summed E-state index contributed by atoms with van der Waals surface area (Å²) in [4.78, 5) is 26.5. The number of carbonyl (C=O) groups is 2. The fourth-order valence-electron chi connectivity index (χ4n) is 2.63. The van der Waals surface area contributed by atoms with Gasteiger partial charge in [0, 0.05) is 38.3 Å². The Labute approximate surface area is 125 Å². The maximum Gasteiger partial charge on any atom is 0.303 e. The third-order valence-corrected chi connectivity index (χ3v) is 3.89. The maximum absolute atomic E-state index is 11.9. The monoisotopic (exact) mass is 290 g/mol. The van der Waals surface area contributed by atoms with Crippen LogP contribution < -0.4 is 4.90 Å². The van der Waals surface area contributed by atoms with Crippen LogP contribution in [-0.2, 0) is 9.59 Å².